The highest BCUT2D eigenvalue weighted by Gasteiger charge is 2.16. The van der Waals surface area contributed by atoms with Crippen molar-refractivity contribution in [3.8, 4) is 22.8 Å². The molecule has 0 aliphatic rings. The average Bonchev–Trinajstić information content (AvgIpc) is 2.60. The minimum Gasteiger partial charge on any atom is -0.493 e. The van der Waals surface area contributed by atoms with Crippen molar-refractivity contribution < 1.29 is 18.6 Å². The summed E-state index contributed by atoms with van der Waals surface area (Å²) in [5, 5.41) is 0. The van der Waals surface area contributed by atoms with Crippen LogP contribution >= 0.6 is 0 Å². The van der Waals surface area contributed by atoms with Gasteiger partial charge in [0.25, 0.3) is 0 Å². The summed E-state index contributed by atoms with van der Waals surface area (Å²) in [6, 6.07) is 7.11. The Bertz CT molecular complexity index is 767. The normalized spacial score (nSPS) is 10.9. The Labute approximate surface area is 147 Å². The molecule has 136 valence electrons. The molecule has 0 amide bonds. The zero-order valence-electron chi connectivity index (χ0n) is 15.1. The number of hydrogen-bond donors (Lipinski definition) is 1. The molecular weight excluding hydrogens is 322 g/mol. The van der Waals surface area contributed by atoms with Gasteiger partial charge in [-0.15, -0.1) is 0 Å². The molecule has 6 heteroatoms. The highest BCUT2D eigenvalue weighted by atomic mass is 16.5. The number of anilines is 1. The summed E-state index contributed by atoms with van der Waals surface area (Å²) in [6.45, 7) is 5.15. The maximum Gasteiger partial charge on any atom is 0.359 e. The number of benzene rings is 1. The van der Waals surface area contributed by atoms with Gasteiger partial charge in [-0.1, -0.05) is 13.8 Å². The van der Waals surface area contributed by atoms with Crippen LogP contribution in [0.2, 0.25) is 0 Å². The van der Waals surface area contributed by atoms with E-state index in [1.54, 1.807) is 26.4 Å². The lowest BCUT2D eigenvalue weighted by Gasteiger charge is -2.15. The Morgan fingerprint density at radius 3 is 2.52 bits per heavy atom. The topological polar surface area (TPSA) is 83.9 Å². The van der Waals surface area contributed by atoms with Crippen molar-refractivity contribution >= 4 is 5.69 Å². The standard InChI is InChI=1S/C19H25NO5/c1-12(2)14-11-15(20)19(21)25-18(14)13-6-7-16(23-4)17(10-13)24-9-5-8-22-3/h6-7,10-12H,5,8-9,20H2,1-4H3. The van der Waals surface area contributed by atoms with Crippen LogP contribution in [0.4, 0.5) is 5.69 Å². The molecule has 25 heavy (non-hydrogen) atoms. The van der Waals surface area contributed by atoms with Crippen LogP contribution in [0.25, 0.3) is 11.3 Å². The first kappa shape index (κ1) is 18.9. The Morgan fingerprint density at radius 1 is 1.12 bits per heavy atom. The minimum absolute atomic E-state index is 0.108. The van der Waals surface area contributed by atoms with E-state index >= 15 is 0 Å². The van der Waals surface area contributed by atoms with Crippen molar-refractivity contribution in [2.24, 2.45) is 0 Å². The van der Waals surface area contributed by atoms with E-state index in [9.17, 15) is 4.79 Å². The van der Waals surface area contributed by atoms with Crippen molar-refractivity contribution in [1.29, 1.82) is 0 Å². The lowest BCUT2D eigenvalue weighted by molar-refractivity contribution is 0.170. The second-order valence-corrected chi connectivity index (χ2v) is 5.99. The van der Waals surface area contributed by atoms with Gasteiger partial charge < -0.3 is 24.4 Å². The first-order valence-electron chi connectivity index (χ1n) is 8.21. The van der Waals surface area contributed by atoms with E-state index in [1.165, 1.54) is 0 Å². The zero-order chi connectivity index (χ0) is 18.4. The maximum atomic E-state index is 11.9. The molecule has 2 aromatic rings. The molecule has 0 fully saturated rings. The van der Waals surface area contributed by atoms with Crippen molar-refractivity contribution in [3.63, 3.8) is 0 Å². The van der Waals surface area contributed by atoms with Gasteiger partial charge in [-0.3, -0.25) is 0 Å². The fraction of sp³-hybridized carbons (Fsp3) is 0.421. The fourth-order valence-electron chi connectivity index (χ4n) is 2.47. The summed E-state index contributed by atoms with van der Waals surface area (Å²) in [4.78, 5) is 11.9. The summed E-state index contributed by atoms with van der Waals surface area (Å²) < 4.78 is 21.6. The molecule has 6 nitrogen and oxygen atoms in total. The molecule has 0 aliphatic carbocycles. The van der Waals surface area contributed by atoms with Crippen LogP contribution in [-0.4, -0.2) is 27.4 Å². The molecule has 0 unspecified atom stereocenters. The molecule has 0 saturated carbocycles. The van der Waals surface area contributed by atoms with Gasteiger partial charge in [-0.05, 0) is 30.2 Å². The number of methoxy groups -OCH3 is 2. The number of rotatable bonds is 8. The lowest BCUT2D eigenvalue weighted by atomic mass is 9.98. The lowest BCUT2D eigenvalue weighted by Crippen LogP contribution is -2.09. The third kappa shape index (κ3) is 4.54. The second-order valence-electron chi connectivity index (χ2n) is 5.99. The molecule has 1 heterocycles. The van der Waals surface area contributed by atoms with Gasteiger partial charge in [0.05, 0.1) is 13.7 Å². The number of nitrogen functional groups attached to an aromatic ring is 1. The van der Waals surface area contributed by atoms with Crippen LogP contribution in [0.5, 0.6) is 11.5 Å². The number of nitrogens with two attached hydrogens (primary N) is 1. The Balaban J connectivity index is 2.42. The van der Waals surface area contributed by atoms with E-state index in [0.29, 0.717) is 30.5 Å². The molecule has 0 bridgehead atoms. The Morgan fingerprint density at radius 2 is 1.88 bits per heavy atom. The summed E-state index contributed by atoms with van der Waals surface area (Å²) in [5.74, 6) is 1.85. The molecule has 2 rings (SSSR count). The highest BCUT2D eigenvalue weighted by Crippen LogP contribution is 2.35. The monoisotopic (exact) mass is 347 g/mol. The van der Waals surface area contributed by atoms with E-state index in [-0.39, 0.29) is 11.6 Å². The minimum atomic E-state index is -0.544. The summed E-state index contributed by atoms with van der Waals surface area (Å²) >= 11 is 0. The molecule has 0 atom stereocenters. The van der Waals surface area contributed by atoms with E-state index in [1.807, 2.05) is 26.0 Å². The Hall–Kier alpha value is -2.47. The molecule has 0 spiro atoms. The Kier molecular flexibility index (Phi) is 6.47. The average molecular weight is 347 g/mol. The number of hydrogen-bond acceptors (Lipinski definition) is 6. The van der Waals surface area contributed by atoms with E-state index in [0.717, 1.165) is 17.5 Å². The van der Waals surface area contributed by atoms with Crippen LogP contribution in [0, 0.1) is 0 Å². The summed E-state index contributed by atoms with van der Waals surface area (Å²) in [7, 11) is 3.23. The molecule has 2 N–H and O–H groups in total. The third-order valence-electron chi connectivity index (χ3n) is 3.80. The first-order chi connectivity index (χ1) is 12.0. The van der Waals surface area contributed by atoms with Gasteiger partial charge in [0.2, 0.25) is 0 Å². The van der Waals surface area contributed by atoms with Crippen LogP contribution in [0.15, 0.2) is 33.5 Å². The fourth-order valence-corrected chi connectivity index (χ4v) is 2.47. The molecule has 0 saturated heterocycles. The number of ether oxygens (including phenoxy) is 3. The van der Waals surface area contributed by atoms with Gasteiger partial charge in [0, 0.05) is 31.3 Å². The summed E-state index contributed by atoms with van der Waals surface area (Å²) in [5.41, 5.74) is 6.88. The van der Waals surface area contributed by atoms with Crippen LogP contribution < -0.4 is 20.8 Å². The van der Waals surface area contributed by atoms with Crippen molar-refractivity contribution in [3.05, 3.63) is 40.2 Å². The van der Waals surface area contributed by atoms with E-state index < -0.39 is 5.63 Å². The van der Waals surface area contributed by atoms with Gasteiger partial charge in [-0.2, -0.15) is 0 Å². The predicted molar refractivity (Wildman–Crippen MR) is 97.5 cm³/mol. The largest absolute Gasteiger partial charge is 0.493 e. The van der Waals surface area contributed by atoms with Crippen molar-refractivity contribution in [1.82, 2.24) is 0 Å². The van der Waals surface area contributed by atoms with Crippen LogP contribution in [-0.2, 0) is 4.74 Å². The van der Waals surface area contributed by atoms with E-state index in [2.05, 4.69) is 0 Å². The van der Waals surface area contributed by atoms with Gasteiger partial charge in [0.1, 0.15) is 11.4 Å². The van der Waals surface area contributed by atoms with Crippen LogP contribution in [0.3, 0.4) is 0 Å². The van der Waals surface area contributed by atoms with Crippen LogP contribution in [0.1, 0.15) is 31.7 Å². The zero-order valence-corrected chi connectivity index (χ0v) is 15.1. The smallest absolute Gasteiger partial charge is 0.359 e. The van der Waals surface area contributed by atoms with Gasteiger partial charge >= 0.3 is 5.63 Å². The summed E-state index contributed by atoms with van der Waals surface area (Å²) in [6.07, 6.45) is 0.762. The van der Waals surface area contributed by atoms with E-state index in [4.69, 9.17) is 24.4 Å². The molecule has 1 aromatic heterocycles. The van der Waals surface area contributed by atoms with Crippen molar-refractivity contribution in [2.45, 2.75) is 26.2 Å². The first-order valence-corrected chi connectivity index (χ1v) is 8.21. The quantitative estimate of drug-likeness (QED) is 0.737. The molecular formula is C19H25NO5. The maximum absolute atomic E-state index is 11.9. The molecule has 0 radical (unpaired) electrons. The highest BCUT2D eigenvalue weighted by molar-refractivity contribution is 5.67. The third-order valence-corrected chi connectivity index (χ3v) is 3.80. The SMILES string of the molecule is COCCCOc1cc(-c2oc(=O)c(N)cc2C(C)C)ccc1OC. The predicted octanol–water partition coefficient (Wildman–Crippen LogP) is 3.44. The second kappa shape index (κ2) is 8.58. The van der Waals surface area contributed by atoms with Gasteiger partial charge in [0.15, 0.2) is 11.5 Å². The van der Waals surface area contributed by atoms with Gasteiger partial charge in [-0.25, -0.2) is 4.79 Å². The molecule has 1 aromatic carbocycles. The molecule has 0 aliphatic heterocycles. The van der Waals surface area contributed by atoms with Crippen molar-refractivity contribution in [2.75, 3.05) is 33.2 Å².